The van der Waals surface area contributed by atoms with E-state index in [9.17, 15) is 4.79 Å². The summed E-state index contributed by atoms with van der Waals surface area (Å²) in [6.45, 7) is 11.1. The van der Waals surface area contributed by atoms with Crippen LogP contribution in [-0.4, -0.2) is 47.5 Å². The van der Waals surface area contributed by atoms with Crippen molar-refractivity contribution in [1.29, 1.82) is 0 Å². The lowest BCUT2D eigenvalue weighted by Gasteiger charge is -2.12. The van der Waals surface area contributed by atoms with Crippen LogP contribution in [0.1, 0.15) is 40.5 Å². The van der Waals surface area contributed by atoms with Crippen LogP contribution in [0.5, 0.6) is 0 Å². The summed E-state index contributed by atoms with van der Waals surface area (Å²) >= 11 is 2.36. The molecule has 146 valence electrons. The Kier molecular flexibility index (Phi) is 17.7. The Balaban J connectivity index is 3.39. The van der Waals surface area contributed by atoms with Crippen LogP contribution in [0.25, 0.3) is 0 Å². The van der Waals surface area contributed by atoms with Crippen LogP contribution in [0.3, 0.4) is 0 Å². The number of ether oxygens (including phenoxy) is 1. The average molecular weight is 502 g/mol. The van der Waals surface area contributed by atoms with Gasteiger partial charge in [0.05, 0.1) is 10.6 Å². The summed E-state index contributed by atoms with van der Waals surface area (Å²) in [6.07, 6.45) is 1.85. The first kappa shape index (κ1) is 25.2. The molecule has 0 aromatic rings. The Morgan fingerprint density at radius 1 is 1.16 bits per heavy atom. The first-order valence-electron chi connectivity index (χ1n) is 8.69. The molecule has 0 saturated heterocycles. The molecule has 2 atom stereocenters. The maximum Gasteiger partial charge on any atom is 0.315 e. The van der Waals surface area contributed by atoms with Crippen molar-refractivity contribution in [1.82, 2.24) is 16.0 Å². The van der Waals surface area contributed by atoms with Crippen molar-refractivity contribution in [2.24, 2.45) is 5.92 Å². The molecule has 25 heavy (non-hydrogen) atoms. The molecule has 0 bridgehead atoms. The van der Waals surface area contributed by atoms with Crippen LogP contribution in [0.4, 0.5) is 4.79 Å². The number of hydrogen-bond acceptors (Lipinski definition) is 5. The topological polar surface area (TPSA) is 62.4 Å². The highest BCUT2D eigenvalue weighted by molar-refractivity contribution is 14.1. The second-order valence-corrected chi connectivity index (χ2v) is 10.4. The van der Waals surface area contributed by atoms with Crippen LogP contribution >= 0.6 is 44.2 Å². The molecule has 0 radical (unpaired) electrons. The maximum absolute atomic E-state index is 11.5. The number of unbranched alkanes of at least 4 members (excludes halogenated alkanes) is 1. The predicted octanol–water partition coefficient (Wildman–Crippen LogP) is 3.84. The quantitative estimate of drug-likeness (QED) is 0.0681. The monoisotopic (exact) mass is 501 g/mol. The molecule has 0 aromatic heterocycles. The van der Waals surface area contributed by atoms with E-state index < -0.39 is 0 Å². The van der Waals surface area contributed by atoms with Crippen molar-refractivity contribution in [3.63, 3.8) is 0 Å². The summed E-state index contributed by atoms with van der Waals surface area (Å²) in [5, 5.41) is 8.93. The molecule has 0 heterocycles. The van der Waals surface area contributed by atoms with Crippen molar-refractivity contribution in [2.45, 2.75) is 50.0 Å². The van der Waals surface area contributed by atoms with Crippen LogP contribution in [0.2, 0.25) is 0 Å². The Morgan fingerprint density at radius 3 is 2.60 bits per heavy atom. The van der Waals surface area contributed by atoms with Crippen LogP contribution in [0.15, 0.2) is 0 Å². The minimum atomic E-state index is -0.159. The lowest BCUT2D eigenvalue weighted by atomic mass is 10.2. The number of halogens is 1. The highest BCUT2D eigenvalue weighted by Crippen LogP contribution is 2.26. The van der Waals surface area contributed by atoms with Gasteiger partial charge in [-0.05, 0) is 26.7 Å². The minimum absolute atomic E-state index is 0.159. The van der Waals surface area contributed by atoms with Crippen molar-refractivity contribution in [3.8, 4) is 11.8 Å². The van der Waals surface area contributed by atoms with Crippen molar-refractivity contribution in [2.75, 3.05) is 32.0 Å². The number of urea groups is 1. The van der Waals surface area contributed by atoms with Crippen LogP contribution in [0, 0.1) is 17.8 Å². The second kappa shape index (κ2) is 17.6. The third kappa shape index (κ3) is 20.3. The number of carbonyl (C=O) groups excluding carboxylic acids is 1. The highest BCUT2D eigenvalue weighted by Gasteiger charge is 2.03. The first-order chi connectivity index (χ1) is 11.9. The van der Waals surface area contributed by atoms with Gasteiger partial charge < -0.3 is 20.7 Å². The van der Waals surface area contributed by atoms with E-state index in [-0.39, 0.29) is 11.5 Å². The van der Waals surface area contributed by atoms with E-state index in [2.05, 4.69) is 64.2 Å². The first-order valence-corrected chi connectivity index (χ1v) is 12.3. The van der Waals surface area contributed by atoms with Gasteiger partial charge in [0.25, 0.3) is 0 Å². The molecule has 0 aromatic carbocycles. The third-order valence-electron chi connectivity index (χ3n) is 2.75. The minimum Gasteiger partial charge on any atom is -0.367 e. The summed E-state index contributed by atoms with van der Waals surface area (Å²) in [4.78, 5) is 11.5. The summed E-state index contributed by atoms with van der Waals surface area (Å²) in [5.74, 6) is 7.33. The van der Waals surface area contributed by atoms with Gasteiger partial charge in [-0.3, -0.25) is 0 Å². The molecule has 0 spiro atoms. The molecule has 8 heteroatoms. The number of amides is 2. The fourth-order valence-corrected chi connectivity index (χ4v) is 3.82. The van der Waals surface area contributed by atoms with E-state index in [1.807, 2.05) is 24.6 Å². The zero-order valence-electron chi connectivity index (χ0n) is 15.7. The van der Waals surface area contributed by atoms with Gasteiger partial charge in [0.1, 0.15) is 5.44 Å². The van der Waals surface area contributed by atoms with Gasteiger partial charge in [-0.1, -0.05) is 69.9 Å². The predicted molar refractivity (Wildman–Crippen MR) is 120 cm³/mol. The van der Waals surface area contributed by atoms with Crippen LogP contribution in [-0.2, 0) is 4.74 Å². The summed E-state index contributed by atoms with van der Waals surface area (Å²) in [7, 11) is 3.61. The number of rotatable bonds is 13. The molecule has 3 N–H and O–H groups in total. The Hall–Kier alpha value is 0.180. The Morgan fingerprint density at radius 2 is 1.92 bits per heavy atom. The SMILES string of the molecule is CC(C)C#CCNC(=O)NCCCCO[C@H](C)SSCCN[C@H](C)I. The number of nitrogens with one attached hydrogen (secondary N) is 3. The largest absolute Gasteiger partial charge is 0.367 e. The zero-order valence-corrected chi connectivity index (χ0v) is 19.5. The lowest BCUT2D eigenvalue weighted by Crippen LogP contribution is -2.36. The van der Waals surface area contributed by atoms with Crippen LogP contribution < -0.4 is 16.0 Å². The molecule has 0 saturated carbocycles. The Labute approximate surface area is 174 Å². The van der Waals surface area contributed by atoms with Gasteiger partial charge >= 0.3 is 6.03 Å². The molecular weight excluding hydrogens is 469 g/mol. The summed E-state index contributed by atoms with van der Waals surface area (Å²) < 4.78 is 6.27. The van der Waals surface area contributed by atoms with Crippen molar-refractivity contribution < 1.29 is 9.53 Å². The highest BCUT2D eigenvalue weighted by atomic mass is 127. The molecule has 0 aliphatic heterocycles. The molecule has 0 rings (SSSR count). The van der Waals surface area contributed by atoms with E-state index in [1.54, 1.807) is 10.8 Å². The average Bonchev–Trinajstić information content (AvgIpc) is 2.54. The van der Waals surface area contributed by atoms with Crippen molar-refractivity contribution in [3.05, 3.63) is 0 Å². The van der Waals surface area contributed by atoms with E-state index in [0.717, 1.165) is 31.7 Å². The standard InChI is InChI=1S/C17H32IN3O2S2/c1-14(2)8-7-10-21-17(22)20-9-5-6-12-23-16(4)25-24-13-11-19-15(3)18/h14-16,19H,5-6,9-13H2,1-4H3,(H2,20,21,22)/t15-,16+/m1/s1. The van der Waals surface area contributed by atoms with E-state index in [4.69, 9.17) is 4.74 Å². The molecule has 0 fully saturated rings. The molecule has 2 amide bonds. The van der Waals surface area contributed by atoms with E-state index in [1.165, 1.54) is 0 Å². The summed E-state index contributed by atoms with van der Waals surface area (Å²) in [5.41, 5.74) is 0.192. The van der Waals surface area contributed by atoms with Gasteiger partial charge in [-0.25, -0.2) is 4.79 Å². The number of alkyl halides is 1. The van der Waals surface area contributed by atoms with Gasteiger partial charge in [-0.15, -0.1) is 0 Å². The van der Waals surface area contributed by atoms with Crippen molar-refractivity contribution >= 4 is 50.2 Å². The summed E-state index contributed by atoms with van der Waals surface area (Å²) in [6, 6.07) is -0.159. The molecule has 0 aliphatic carbocycles. The maximum atomic E-state index is 11.5. The van der Waals surface area contributed by atoms with E-state index >= 15 is 0 Å². The molecule has 0 unspecified atom stereocenters. The number of carbonyl (C=O) groups is 1. The van der Waals surface area contributed by atoms with Gasteiger partial charge in [0, 0.05) is 31.4 Å². The lowest BCUT2D eigenvalue weighted by molar-refractivity contribution is 0.121. The molecule has 5 nitrogen and oxygen atoms in total. The fraction of sp³-hybridized carbons (Fsp3) is 0.824. The van der Waals surface area contributed by atoms with Gasteiger partial charge in [-0.2, -0.15) is 0 Å². The van der Waals surface area contributed by atoms with Gasteiger partial charge in [0.2, 0.25) is 0 Å². The Bertz CT molecular complexity index is 401. The third-order valence-corrected chi connectivity index (χ3v) is 5.83. The smallest absolute Gasteiger partial charge is 0.315 e. The second-order valence-electron chi connectivity index (χ2n) is 5.72. The van der Waals surface area contributed by atoms with E-state index in [0.29, 0.717) is 23.1 Å². The zero-order chi connectivity index (χ0) is 18.9. The number of hydrogen-bond donors (Lipinski definition) is 3. The van der Waals surface area contributed by atoms with Gasteiger partial charge in [0.15, 0.2) is 0 Å². The molecular formula is C17H32IN3O2S2. The normalized spacial score (nSPS) is 13.0. The molecule has 0 aliphatic rings. The fourth-order valence-electron chi connectivity index (χ4n) is 1.59.